The van der Waals surface area contributed by atoms with Gasteiger partial charge in [-0.15, -0.1) is 0 Å². The molecule has 0 bridgehead atoms. The molecule has 0 aliphatic heterocycles. The first kappa shape index (κ1) is 10.6. The normalized spacial score (nSPS) is 7.50. The molecular formula is C9H11NO2. The Morgan fingerprint density at radius 3 is 2.33 bits per heavy atom. The SMILES string of the molecule is CCO.O=C=Nc1ccccc1. The first-order chi connectivity index (χ1) is 5.85. The molecule has 0 radical (unpaired) electrons. The third-order valence-corrected chi connectivity index (χ3v) is 0.931. The highest BCUT2D eigenvalue weighted by Gasteiger charge is 1.79. The summed E-state index contributed by atoms with van der Waals surface area (Å²) < 4.78 is 0. The summed E-state index contributed by atoms with van der Waals surface area (Å²) in [7, 11) is 0. The van der Waals surface area contributed by atoms with Crippen LogP contribution in [0.3, 0.4) is 0 Å². The van der Waals surface area contributed by atoms with Crippen LogP contribution < -0.4 is 0 Å². The number of aliphatic imine (C=N–C) groups is 1. The number of aliphatic hydroxyl groups is 1. The molecule has 0 aliphatic carbocycles. The summed E-state index contributed by atoms with van der Waals surface area (Å²) in [5.74, 6) is 0. The molecule has 0 heterocycles. The number of hydrogen-bond acceptors (Lipinski definition) is 3. The number of benzene rings is 1. The highest BCUT2D eigenvalue weighted by Crippen LogP contribution is 2.06. The summed E-state index contributed by atoms with van der Waals surface area (Å²) in [5, 5.41) is 7.57. The molecule has 0 aliphatic rings. The van der Waals surface area contributed by atoms with Crippen molar-refractivity contribution in [3.05, 3.63) is 30.3 Å². The highest BCUT2D eigenvalue weighted by molar-refractivity contribution is 5.47. The highest BCUT2D eigenvalue weighted by atomic mass is 16.2. The Morgan fingerprint density at radius 2 is 1.92 bits per heavy atom. The molecule has 0 saturated heterocycles. The van der Waals surface area contributed by atoms with Crippen LogP contribution in [0.15, 0.2) is 35.3 Å². The quantitative estimate of drug-likeness (QED) is 0.508. The van der Waals surface area contributed by atoms with Crippen molar-refractivity contribution in [2.45, 2.75) is 6.92 Å². The van der Waals surface area contributed by atoms with Gasteiger partial charge < -0.3 is 5.11 Å². The predicted molar refractivity (Wildman–Crippen MR) is 47.0 cm³/mol. The standard InChI is InChI=1S/C7H5NO.C2H6O/c9-6-8-7-4-2-1-3-5-7;1-2-3/h1-5H;3H,2H2,1H3. The van der Waals surface area contributed by atoms with Gasteiger partial charge in [0, 0.05) is 6.61 Å². The van der Waals surface area contributed by atoms with Crippen molar-refractivity contribution in [1.29, 1.82) is 0 Å². The van der Waals surface area contributed by atoms with Crippen molar-refractivity contribution in [2.24, 2.45) is 4.99 Å². The lowest BCUT2D eigenvalue weighted by Gasteiger charge is -1.83. The van der Waals surface area contributed by atoms with Crippen LogP contribution in [0.1, 0.15) is 6.92 Å². The van der Waals surface area contributed by atoms with Gasteiger partial charge >= 0.3 is 0 Å². The van der Waals surface area contributed by atoms with E-state index in [1.54, 1.807) is 19.1 Å². The van der Waals surface area contributed by atoms with E-state index in [-0.39, 0.29) is 6.61 Å². The van der Waals surface area contributed by atoms with Gasteiger partial charge in [0.25, 0.3) is 0 Å². The number of nitrogens with zero attached hydrogens (tertiary/aromatic N) is 1. The van der Waals surface area contributed by atoms with Gasteiger partial charge in [-0.1, -0.05) is 18.2 Å². The molecule has 0 unspecified atom stereocenters. The summed E-state index contributed by atoms with van der Waals surface area (Å²) in [5.41, 5.74) is 0.646. The number of aliphatic hydroxyl groups excluding tert-OH is 1. The van der Waals surface area contributed by atoms with E-state index in [4.69, 9.17) is 5.11 Å². The second kappa shape index (κ2) is 7.66. The summed E-state index contributed by atoms with van der Waals surface area (Å²) in [4.78, 5) is 13.1. The molecule has 0 spiro atoms. The van der Waals surface area contributed by atoms with Crippen LogP contribution in [0.2, 0.25) is 0 Å². The fraction of sp³-hybridized carbons (Fsp3) is 0.222. The van der Waals surface area contributed by atoms with Crippen molar-refractivity contribution in [1.82, 2.24) is 0 Å². The lowest BCUT2D eigenvalue weighted by Crippen LogP contribution is -1.59. The maximum atomic E-state index is 9.68. The van der Waals surface area contributed by atoms with E-state index < -0.39 is 0 Å². The van der Waals surface area contributed by atoms with Crippen molar-refractivity contribution in [3.63, 3.8) is 0 Å². The summed E-state index contributed by atoms with van der Waals surface area (Å²) in [6.45, 7) is 1.93. The van der Waals surface area contributed by atoms with Gasteiger partial charge in [0.15, 0.2) is 0 Å². The third kappa shape index (κ3) is 5.35. The fourth-order valence-corrected chi connectivity index (χ4v) is 0.555. The van der Waals surface area contributed by atoms with Crippen LogP contribution in [0, 0.1) is 0 Å². The van der Waals surface area contributed by atoms with Crippen LogP contribution >= 0.6 is 0 Å². The monoisotopic (exact) mass is 165 g/mol. The minimum Gasteiger partial charge on any atom is -0.397 e. The Labute approximate surface area is 71.4 Å². The second-order valence-corrected chi connectivity index (χ2v) is 1.85. The molecule has 1 aromatic carbocycles. The first-order valence-electron chi connectivity index (χ1n) is 3.59. The van der Waals surface area contributed by atoms with E-state index in [0.29, 0.717) is 5.69 Å². The second-order valence-electron chi connectivity index (χ2n) is 1.85. The number of rotatable bonds is 1. The number of para-hydroxylation sites is 1. The zero-order valence-corrected chi connectivity index (χ0v) is 6.90. The van der Waals surface area contributed by atoms with E-state index in [1.807, 2.05) is 18.2 Å². The summed E-state index contributed by atoms with van der Waals surface area (Å²) in [6, 6.07) is 8.98. The van der Waals surface area contributed by atoms with Crippen molar-refractivity contribution < 1.29 is 9.90 Å². The Morgan fingerprint density at radius 1 is 1.42 bits per heavy atom. The van der Waals surface area contributed by atoms with Gasteiger partial charge in [0.2, 0.25) is 6.08 Å². The van der Waals surface area contributed by atoms with Crippen molar-refractivity contribution in [2.75, 3.05) is 6.61 Å². The Hall–Kier alpha value is -1.44. The van der Waals surface area contributed by atoms with Crippen LogP contribution in [0.5, 0.6) is 0 Å². The molecule has 0 aromatic heterocycles. The zero-order valence-electron chi connectivity index (χ0n) is 6.90. The summed E-state index contributed by atoms with van der Waals surface area (Å²) in [6.07, 6.45) is 1.46. The van der Waals surface area contributed by atoms with Crippen molar-refractivity contribution in [3.8, 4) is 0 Å². The van der Waals surface area contributed by atoms with E-state index >= 15 is 0 Å². The number of carbonyl (C=O) groups excluding carboxylic acids is 1. The maximum Gasteiger partial charge on any atom is 0.240 e. The average Bonchev–Trinajstić information content (AvgIpc) is 2.08. The van der Waals surface area contributed by atoms with Crippen LogP contribution in [-0.4, -0.2) is 17.8 Å². The van der Waals surface area contributed by atoms with E-state index in [1.165, 1.54) is 6.08 Å². The minimum absolute atomic E-state index is 0.250. The Kier molecular flexibility index (Phi) is 6.74. The topological polar surface area (TPSA) is 49.7 Å². The van der Waals surface area contributed by atoms with E-state index in [2.05, 4.69) is 4.99 Å². The molecule has 12 heavy (non-hydrogen) atoms. The molecule has 1 aromatic rings. The predicted octanol–water partition coefficient (Wildman–Crippen LogP) is 1.65. The molecule has 0 saturated carbocycles. The van der Waals surface area contributed by atoms with Gasteiger partial charge in [-0.3, -0.25) is 0 Å². The molecule has 1 rings (SSSR count). The average molecular weight is 165 g/mol. The molecule has 0 amide bonds. The lowest BCUT2D eigenvalue weighted by atomic mass is 10.3. The van der Waals surface area contributed by atoms with Crippen molar-refractivity contribution >= 4 is 11.8 Å². The molecule has 64 valence electrons. The largest absolute Gasteiger partial charge is 0.397 e. The lowest BCUT2D eigenvalue weighted by molar-refractivity contribution is 0.318. The van der Waals surface area contributed by atoms with Crippen LogP contribution in [-0.2, 0) is 4.79 Å². The van der Waals surface area contributed by atoms with Gasteiger partial charge in [0.1, 0.15) is 0 Å². The molecule has 1 N–H and O–H groups in total. The van der Waals surface area contributed by atoms with Gasteiger partial charge in [-0.05, 0) is 19.1 Å². The first-order valence-corrected chi connectivity index (χ1v) is 3.59. The Bertz CT molecular complexity index is 240. The maximum absolute atomic E-state index is 9.68. The molecular weight excluding hydrogens is 154 g/mol. The molecule has 3 nitrogen and oxygen atoms in total. The van der Waals surface area contributed by atoms with E-state index in [9.17, 15) is 4.79 Å². The number of isocyanates is 1. The zero-order chi connectivity index (χ0) is 9.23. The smallest absolute Gasteiger partial charge is 0.240 e. The minimum atomic E-state index is 0.250. The van der Waals surface area contributed by atoms with Crippen LogP contribution in [0.4, 0.5) is 5.69 Å². The molecule has 0 atom stereocenters. The third-order valence-electron chi connectivity index (χ3n) is 0.931. The molecule has 0 fully saturated rings. The van der Waals surface area contributed by atoms with Crippen LogP contribution in [0.25, 0.3) is 0 Å². The van der Waals surface area contributed by atoms with Gasteiger partial charge in [0.05, 0.1) is 5.69 Å². The van der Waals surface area contributed by atoms with E-state index in [0.717, 1.165) is 0 Å². The summed E-state index contributed by atoms with van der Waals surface area (Å²) >= 11 is 0. The van der Waals surface area contributed by atoms with Gasteiger partial charge in [-0.2, -0.15) is 4.99 Å². The Balaban J connectivity index is 0.000000354. The molecule has 3 heteroatoms. The van der Waals surface area contributed by atoms with Gasteiger partial charge in [-0.25, -0.2) is 4.79 Å². The number of hydrogen-bond donors (Lipinski definition) is 1. The fourth-order valence-electron chi connectivity index (χ4n) is 0.555.